The first kappa shape index (κ1) is 18.1. The topological polar surface area (TPSA) is 99.5 Å². The monoisotopic (exact) mass is 363 g/mol. The maximum Gasteiger partial charge on any atom is 0.338 e. The number of carbonyl (C=O) groups excluding carboxylic acids is 3. The maximum atomic E-state index is 12.0. The SMILES string of the molecule is N#Cc1cccc(C(=O)OCC(=O)Nc2cccc(N3CCCC3=O)c2)c1. The van der Waals surface area contributed by atoms with Gasteiger partial charge in [-0.05, 0) is 42.8 Å². The van der Waals surface area contributed by atoms with Gasteiger partial charge >= 0.3 is 5.97 Å². The van der Waals surface area contributed by atoms with Crippen molar-refractivity contribution >= 4 is 29.2 Å². The van der Waals surface area contributed by atoms with Crippen LogP contribution in [0.4, 0.5) is 11.4 Å². The minimum atomic E-state index is -0.682. The summed E-state index contributed by atoms with van der Waals surface area (Å²) in [6.07, 6.45) is 1.35. The highest BCUT2D eigenvalue weighted by Crippen LogP contribution is 2.24. The maximum absolute atomic E-state index is 12.0. The lowest BCUT2D eigenvalue weighted by Gasteiger charge is -2.16. The van der Waals surface area contributed by atoms with E-state index >= 15 is 0 Å². The van der Waals surface area contributed by atoms with Gasteiger partial charge in [0.15, 0.2) is 6.61 Å². The fourth-order valence-corrected chi connectivity index (χ4v) is 2.80. The zero-order valence-corrected chi connectivity index (χ0v) is 14.5. The highest BCUT2D eigenvalue weighted by molar-refractivity contribution is 5.98. The lowest BCUT2D eigenvalue weighted by atomic mass is 10.1. The third kappa shape index (κ3) is 4.50. The molecule has 1 heterocycles. The van der Waals surface area contributed by atoms with E-state index in [-0.39, 0.29) is 11.5 Å². The quantitative estimate of drug-likeness (QED) is 0.823. The van der Waals surface area contributed by atoms with Gasteiger partial charge in [-0.25, -0.2) is 4.79 Å². The first-order chi connectivity index (χ1) is 13.1. The van der Waals surface area contributed by atoms with Crippen molar-refractivity contribution in [1.29, 1.82) is 5.26 Å². The molecule has 0 radical (unpaired) electrons. The van der Waals surface area contributed by atoms with Gasteiger partial charge in [0.05, 0.1) is 17.2 Å². The zero-order chi connectivity index (χ0) is 19.2. The van der Waals surface area contributed by atoms with Gasteiger partial charge in [0, 0.05) is 24.3 Å². The van der Waals surface area contributed by atoms with Crippen LogP contribution in [-0.4, -0.2) is 30.9 Å². The number of anilines is 2. The van der Waals surface area contributed by atoms with E-state index in [0.717, 1.165) is 12.1 Å². The molecule has 0 aliphatic carbocycles. The Kier molecular flexibility index (Phi) is 5.47. The van der Waals surface area contributed by atoms with E-state index in [2.05, 4.69) is 5.32 Å². The molecule has 2 amide bonds. The Morgan fingerprint density at radius 1 is 1.19 bits per heavy atom. The standard InChI is InChI=1S/C20H17N3O4/c21-12-14-4-1-5-15(10-14)20(26)27-13-18(24)22-16-6-2-7-17(11-16)23-9-3-8-19(23)25/h1-2,4-7,10-11H,3,8-9,13H2,(H,22,24). The van der Waals surface area contributed by atoms with Crippen LogP contribution >= 0.6 is 0 Å². The normalized spacial score (nSPS) is 13.1. The molecular formula is C20H17N3O4. The van der Waals surface area contributed by atoms with Crippen molar-refractivity contribution in [2.75, 3.05) is 23.4 Å². The van der Waals surface area contributed by atoms with E-state index in [1.165, 1.54) is 12.1 Å². The molecule has 0 saturated carbocycles. The number of nitrogens with zero attached hydrogens (tertiary/aromatic N) is 2. The molecule has 136 valence electrons. The number of esters is 1. The molecule has 0 unspecified atom stereocenters. The third-order valence-corrected chi connectivity index (χ3v) is 4.08. The van der Waals surface area contributed by atoms with Gasteiger partial charge in [0.25, 0.3) is 5.91 Å². The molecule has 1 aliphatic heterocycles. The van der Waals surface area contributed by atoms with Gasteiger partial charge in [-0.3, -0.25) is 9.59 Å². The van der Waals surface area contributed by atoms with Crippen molar-refractivity contribution in [2.45, 2.75) is 12.8 Å². The summed E-state index contributed by atoms with van der Waals surface area (Å²) in [4.78, 5) is 37.5. The molecular weight excluding hydrogens is 346 g/mol. The summed E-state index contributed by atoms with van der Waals surface area (Å²) >= 11 is 0. The summed E-state index contributed by atoms with van der Waals surface area (Å²) in [5.41, 5.74) is 1.78. The van der Waals surface area contributed by atoms with Crippen LogP contribution in [0.2, 0.25) is 0 Å². The number of ether oxygens (including phenoxy) is 1. The predicted octanol–water partition coefficient (Wildman–Crippen LogP) is 2.48. The van der Waals surface area contributed by atoms with Crippen molar-refractivity contribution < 1.29 is 19.1 Å². The van der Waals surface area contributed by atoms with E-state index < -0.39 is 18.5 Å². The lowest BCUT2D eigenvalue weighted by molar-refractivity contribution is -0.119. The number of hydrogen-bond acceptors (Lipinski definition) is 5. The second-order valence-corrected chi connectivity index (χ2v) is 6.02. The van der Waals surface area contributed by atoms with Crippen molar-refractivity contribution in [1.82, 2.24) is 0 Å². The number of nitriles is 1. The van der Waals surface area contributed by atoms with Crippen LogP contribution in [0.3, 0.4) is 0 Å². The fraction of sp³-hybridized carbons (Fsp3) is 0.200. The van der Waals surface area contributed by atoms with Gasteiger partial charge in [-0.2, -0.15) is 5.26 Å². The van der Waals surface area contributed by atoms with E-state index in [0.29, 0.717) is 24.2 Å². The zero-order valence-electron chi connectivity index (χ0n) is 14.5. The minimum absolute atomic E-state index is 0.0620. The largest absolute Gasteiger partial charge is 0.452 e. The molecule has 1 aliphatic rings. The van der Waals surface area contributed by atoms with Gasteiger partial charge < -0.3 is 15.0 Å². The summed E-state index contributed by atoms with van der Waals surface area (Å²) in [6.45, 7) is 0.206. The number of benzene rings is 2. The molecule has 2 aromatic rings. The van der Waals surface area contributed by atoms with Crippen LogP contribution in [0.5, 0.6) is 0 Å². The first-order valence-corrected chi connectivity index (χ1v) is 8.44. The average molecular weight is 363 g/mol. The van der Waals surface area contributed by atoms with Crippen LogP contribution in [0.25, 0.3) is 0 Å². The molecule has 1 N–H and O–H groups in total. The molecule has 1 saturated heterocycles. The highest BCUT2D eigenvalue weighted by Gasteiger charge is 2.21. The van der Waals surface area contributed by atoms with E-state index in [4.69, 9.17) is 10.00 Å². The minimum Gasteiger partial charge on any atom is -0.452 e. The highest BCUT2D eigenvalue weighted by atomic mass is 16.5. The Labute approximate surface area is 156 Å². The number of rotatable bonds is 5. The van der Waals surface area contributed by atoms with Gasteiger partial charge in [0.2, 0.25) is 5.91 Å². The molecule has 0 aromatic heterocycles. The summed E-state index contributed by atoms with van der Waals surface area (Å²) in [6, 6.07) is 14.9. The van der Waals surface area contributed by atoms with Crippen molar-refractivity contribution in [3.63, 3.8) is 0 Å². The summed E-state index contributed by atoms with van der Waals surface area (Å²) in [5, 5.41) is 11.5. The second-order valence-electron chi connectivity index (χ2n) is 6.02. The summed E-state index contributed by atoms with van der Waals surface area (Å²) < 4.78 is 4.98. The average Bonchev–Trinajstić information content (AvgIpc) is 3.12. The van der Waals surface area contributed by atoms with E-state index in [1.807, 2.05) is 6.07 Å². The predicted molar refractivity (Wildman–Crippen MR) is 98.1 cm³/mol. The lowest BCUT2D eigenvalue weighted by Crippen LogP contribution is -2.24. The first-order valence-electron chi connectivity index (χ1n) is 8.44. The van der Waals surface area contributed by atoms with Gasteiger partial charge in [-0.15, -0.1) is 0 Å². The fourth-order valence-electron chi connectivity index (χ4n) is 2.80. The Morgan fingerprint density at radius 3 is 2.74 bits per heavy atom. The van der Waals surface area contributed by atoms with Crippen LogP contribution in [0.1, 0.15) is 28.8 Å². The smallest absolute Gasteiger partial charge is 0.338 e. The van der Waals surface area contributed by atoms with Crippen LogP contribution in [0.15, 0.2) is 48.5 Å². The van der Waals surface area contributed by atoms with Crippen molar-refractivity contribution in [3.8, 4) is 6.07 Å². The van der Waals surface area contributed by atoms with Gasteiger partial charge in [0.1, 0.15) is 0 Å². The van der Waals surface area contributed by atoms with Gasteiger partial charge in [-0.1, -0.05) is 12.1 Å². The second kappa shape index (κ2) is 8.15. The molecule has 0 bridgehead atoms. The molecule has 27 heavy (non-hydrogen) atoms. The molecule has 0 spiro atoms. The molecule has 7 nitrogen and oxygen atoms in total. The molecule has 2 aromatic carbocycles. The summed E-state index contributed by atoms with van der Waals surface area (Å²) in [5.74, 6) is -1.12. The Morgan fingerprint density at radius 2 is 2.00 bits per heavy atom. The summed E-state index contributed by atoms with van der Waals surface area (Å²) in [7, 11) is 0. The number of amides is 2. The molecule has 7 heteroatoms. The molecule has 3 rings (SSSR count). The molecule has 1 fully saturated rings. The van der Waals surface area contributed by atoms with E-state index in [1.54, 1.807) is 41.3 Å². The number of nitrogens with one attached hydrogen (secondary N) is 1. The van der Waals surface area contributed by atoms with Crippen molar-refractivity contribution in [2.24, 2.45) is 0 Å². The third-order valence-electron chi connectivity index (χ3n) is 4.08. The molecule has 0 atom stereocenters. The van der Waals surface area contributed by atoms with Crippen LogP contribution in [-0.2, 0) is 14.3 Å². The number of hydrogen-bond donors (Lipinski definition) is 1. The van der Waals surface area contributed by atoms with E-state index in [9.17, 15) is 14.4 Å². The Balaban J connectivity index is 1.57. The van der Waals surface area contributed by atoms with Crippen LogP contribution in [0, 0.1) is 11.3 Å². The van der Waals surface area contributed by atoms with Crippen LogP contribution < -0.4 is 10.2 Å². The number of carbonyl (C=O) groups is 3. The Bertz CT molecular complexity index is 933. The van der Waals surface area contributed by atoms with Crippen molar-refractivity contribution in [3.05, 3.63) is 59.7 Å². The Hall–Kier alpha value is -3.66.